The summed E-state index contributed by atoms with van der Waals surface area (Å²) < 4.78 is 0. The minimum absolute atomic E-state index is 0.0329. The minimum Gasteiger partial charge on any atom is -0.506 e. The van der Waals surface area contributed by atoms with Gasteiger partial charge in [0.1, 0.15) is 11.3 Å². The van der Waals surface area contributed by atoms with Crippen LogP contribution in [0.15, 0.2) is 59.1 Å². The largest absolute Gasteiger partial charge is 0.506 e. The van der Waals surface area contributed by atoms with Crippen LogP contribution in [-0.4, -0.2) is 23.3 Å². The van der Waals surface area contributed by atoms with Gasteiger partial charge in [0, 0.05) is 22.8 Å². The zero-order chi connectivity index (χ0) is 20.0. The molecule has 4 nitrogen and oxygen atoms in total. The van der Waals surface area contributed by atoms with Gasteiger partial charge >= 0.3 is 0 Å². The van der Waals surface area contributed by atoms with Gasteiger partial charge in [-0.2, -0.15) is 0 Å². The monoisotopic (exact) mass is 404 g/mol. The van der Waals surface area contributed by atoms with E-state index in [1.54, 1.807) is 48.5 Å². The van der Waals surface area contributed by atoms with Crippen LogP contribution < -0.4 is 5.32 Å². The van der Waals surface area contributed by atoms with Crippen molar-refractivity contribution in [1.82, 2.24) is 5.32 Å². The van der Waals surface area contributed by atoms with E-state index in [2.05, 4.69) is 10.3 Å². The highest BCUT2D eigenvalue weighted by molar-refractivity contribution is 6.33. The number of rotatable bonds is 6. The SMILES string of the molecule is CC(C)C(C)NC(=O)/C(C=Nc1ccc(Cl)cc1)=C(\O)c1ccccc1Cl. The van der Waals surface area contributed by atoms with Crippen LogP contribution in [0.1, 0.15) is 26.3 Å². The average molecular weight is 405 g/mol. The summed E-state index contributed by atoms with van der Waals surface area (Å²) in [5.41, 5.74) is 1.00. The molecule has 2 aromatic carbocycles. The quantitative estimate of drug-likeness (QED) is 0.361. The summed E-state index contributed by atoms with van der Waals surface area (Å²) in [5, 5.41) is 14.5. The van der Waals surface area contributed by atoms with E-state index in [0.29, 0.717) is 21.3 Å². The van der Waals surface area contributed by atoms with Crippen molar-refractivity contribution in [3.8, 4) is 0 Å². The Kier molecular flexibility index (Phi) is 7.45. The molecule has 0 saturated carbocycles. The first kappa shape index (κ1) is 21.0. The number of aliphatic hydroxyl groups excluding tert-OH is 1. The number of nitrogens with one attached hydrogen (secondary N) is 1. The van der Waals surface area contributed by atoms with Gasteiger partial charge in [-0.1, -0.05) is 49.2 Å². The first-order valence-corrected chi connectivity index (χ1v) is 9.33. The Balaban J connectivity index is 2.44. The molecule has 2 rings (SSSR count). The molecule has 6 heteroatoms. The fourth-order valence-electron chi connectivity index (χ4n) is 2.14. The van der Waals surface area contributed by atoms with E-state index >= 15 is 0 Å². The van der Waals surface area contributed by atoms with Crippen LogP contribution in [0.3, 0.4) is 0 Å². The van der Waals surface area contributed by atoms with Crippen LogP contribution in [-0.2, 0) is 4.79 Å². The molecule has 1 amide bonds. The molecule has 2 aromatic rings. The number of amides is 1. The second-order valence-corrected chi connectivity index (χ2v) is 7.33. The Morgan fingerprint density at radius 3 is 2.30 bits per heavy atom. The van der Waals surface area contributed by atoms with Gasteiger partial charge in [-0.15, -0.1) is 0 Å². The van der Waals surface area contributed by atoms with Crippen molar-refractivity contribution in [2.75, 3.05) is 0 Å². The van der Waals surface area contributed by atoms with E-state index in [1.165, 1.54) is 6.21 Å². The number of nitrogens with zero attached hydrogens (tertiary/aromatic N) is 1. The molecule has 2 N–H and O–H groups in total. The number of carbonyl (C=O) groups is 1. The topological polar surface area (TPSA) is 61.7 Å². The van der Waals surface area contributed by atoms with Crippen molar-refractivity contribution in [3.05, 3.63) is 69.7 Å². The fraction of sp³-hybridized carbons (Fsp3) is 0.238. The second kappa shape index (κ2) is 9.58. The van der Waals surface area contributed by atoms with E-state index in [9.17, 15) is 9.90 Å². The molecule has 0 heterocycles. The number of hydrogen-bond acceptors (Lipinski definition) is 3. The predicted molar refractivity (Wildman–Crippen MR) is 113 cm³/mol. The molecular weight excluding hydrogens is 383 g/mol. The van der Waals surface area contributed by atoms with Gasteiger partial charge in [0.15, 0.2) is 0 Å². The maximum Gasteiger partial charge on any atom is 0.256 e. The molecular formula is C21H22Cl2N2O2. The van der Waals surface area contributed by atoms with E-state index < -0.39 is 5.91 Å². The van der Waals surface area contributed by atoms with E-state index in [4.69, 9.17) is 23.2 Å². The number of aliphatic imine (C=N–C) groups is 1. The highest BCUT2D eigenvalue weighted by Crippen LogP contribution is 2.25. The van der Waals surface area contributed by atoms with E-state index in [0.717, 1.165) is 0 Å². The van der Waals surface area contributed by atoms with Crippen molar-refractivity contribution >= 4 is 46.8 Å². The van der Waals surface area contributed by atoms with Crippen LogP contribution in [0.2, 0.25) is 10.0 Å². The van der Waals surface area contributed by atoms with Gasteiger partial charge in [-0.25, -0.2) is 0 Å². The molecule has 142 valence electrons. The van der Waals surface area contributed by atoms with Crippen LogP contribution in [0, 0.1) is 5.92 Å². The third kappa shape index (κ3) is 5.84. The van der Waals surface area contributed by atoms with Gasteiger partial charge < -0.3 is 10.4 Å². The molecule has 0 aliphatic carbocycles. The zero-order valence-corrected chi connectivity index (χ0v) is 16.9. The number of hydrogen-bond donors (Lipinski definition) is 2. The minimum atomic E-state index is -0.425. The van der Waals surface area contributed by atoms with Gasteiger partial charge in [0.05, 0.1) is 10.7 Å². The summed E-state index contributed by atoms with van der Waals surface area (Å²) in [5.74, 6) is -0.413. The maximum absolute atomic E-state index is 12.8. The van der Waals surface area contributed by atoms with Crippen LogP contribution >= 0.6 is 23.2 Å². The molecule has 0 aliphatic rings. The molecule has 0 saturated heterocycles. The molecule has 1 atom stereocenters. The fourth-order valence-corrected chi connectivity index (χ4v) is 2.49. The molecule has 0 bridgehead atoms. The molecule has 0 aromatic heterocycles. The lowest BCUT2D eigenvalue weighted by Crippen LogP contribution is -2.37. The number of halogens is 2. The molecule has 0 aliphatic heterocycles. The zero-order valence-electron chi connectivity index (χ0n) is 15.4. The first-order chi connectivity index (χ1) is 12.8. The number of benzene rings is 2. The summed E-state index contributed by atoms with van der Waals surface area (Å²) in [7, 11) is 0. The summed E-state index contributed by atoms with van der Waals surface area (Å²) in [6.07, 6.45) is 1.34. The van der Waals surface area contributed by atoms with Crippen molar-refractivity contribution in [2.24, 2.45) is 10.9 Å². The van der Waals surface area contributed by atoms with E-state index in [1.807, 2.05) is 20.8 Å². The number of carbonyl (C=O) groups excluding carboxylic acids is 1. The predicted octanol–water partition coefficient (Wildman–Crippen LogP) is 5.83. The smallest absolute Gasteiger partial charge is 0.256 e. The lowest BCUT2D eigenvalue weighted by atomic mass is 10.0. The highest BCUT2D eigenvalue weighted by Gasteiger charge is 2.19. The lowest BCUT2D eigenvalue weighted by molar-refractivity contribution is -0.117. The average Bonchev–Trinajstić information content (AvgIpc) is 2.63. The summed E-state index contributed by atoms with van der Waals surface area (Å²) >= 11 is 12.1. The van der Waals surface area contributed by atoms with Gasteiger partial charge in [0.2, 0.25) is 0 Å². The maximum atomic E-state index is 12.8. The Hall–Kier alpha value is -2.30. The van der Waals surface area contributed by atoms with Crippen molar-refractivity contribution in [2.45, 2.75) is 26.8 Å². The Morgan fingerprint density at radius 2 is 1.70 bits per heavy atom. The van der Waals surface area contributed by atoms with Gasteiger partial charge in [-0.05, 0) is 49.2 Å². The molecule has 0 fully saturated rings. The van der Waals surface area contributed by atoms with Crippen LogP contribution in [0.4, 0.5) is 5.69 Å². The van der Waals surface area contributed by atoms with Crippen molar-refractivity contribution in [1.29, 1.82) is 0 Å². The van der Waals surface area contributed by atoms with Gasteiger partial charge in [-0.3, -0.25) is 9.79 Å². The number of aliphatic hydroxyl groups is 1. The highest BCUT2D eigenvalue weighted by atomic mass is 35.5. The third-order valence-electron chi connectivity index (χ3n) is 4.16. The van der Waals surface area contributed by atoms with Crippen molar-refractivity contribution < 1.29 is 9.90 Å². The Morgan fingerprint density at radius 1 is 1.07 bits per heavy atom. The standard InChI is InChI=1S/C21H22Cl2N2O2/c1-13(2)14(3)25-21(27)18(12-24-16-10-8-15(22)9-11-16)20(26)17-6-4-5-7-19(17)23/h4-14,26H,1-3H3,(H,25,27)/b20-18-,24-12?. The van der Waals surface area contributed by atoms with Crippen LogP contribution in [0.25, 0.3) is 5.76 Å². The third-order valence-corrected chi connectivity index (χ3v) is 4.74. The van der Waals surface area contributed by atoms with E-state index in [-0.39, 0.29) is 23.3 Å². The molecule has 0 radical (unpaired) electrons. The molecule has 0 spiro atoms. The molecule has 27 heavy (non-hydrogen) atoms. The second-order valence-electron chi connectivity index (χ2n) is 6.48. The normalized spacial score (nSPS) is 13.6. The lowest BCUT2D eigenvalue weighted by Gasteiger charge is -2.18. The Labute approximate surface area is 169 Å². The summed E-state index contributed by atoms with van der Waals surface area (Å²) in [6, 6.07) is 13.5. The Bertz CT molecular complexity index is 859. The summed E-state index contributed by atoms with van der Waals surface area (Å²) in [6.45, 7) is 5.91. The first-order valence-electron chi connectivity index (χ1n) is 8.58. The summed E-state index contributed by atoms with van der Waals surface area (Å²) in [4.78, 5) is 17.1. The van der Waals surface area contributed by atoms with Gasteiger partial charge in [0.25, 0.3) is 5.91 Å². The van der Waals surface area contributed by atoms with Crippen molar-refractivity contribution in [3.63, 3.8) is 0 Å². The molecule has 1 unspecified atom stereocenters. The van der Waals surface area contributed by atoms with Crippen LogP contribution in [0.5, 0.6) is 0 Å².